The molecule has 3 fully saturated rings. The molecule has 110 valence electrons. The number of thiophene rings is 1. The molecule has 0 amide bonds. The molecule has 0 saturated carbocycles. The van der Waals surface area contributed by atoms with Gasteiger partial charge in [0.25, 0.3) is 0 Å². The SMILES string of the molecule is C=C[C@H]1CN2CC[C@H]1C[C@@H]2CNS(=O)(=O)c1cccs1. The van der Waals surface area contributed by atoms with Crippen LogP contribution in [0.25, 0.3) is 0 Å². The van der Waals surface area contributed by atoms with Gasteiger partial charge in [0, 0.05) is 19.1 Å². The molecule has 1 aromatic rings. The number of hydrogen-bond donors (Lipinski definition) is 1. The van der Waals surface area contributed by atoms with Gasteiger partial charge < -0.3 is 0 Å². The van der Waals surface area contributed by atoms with E-state index in [9.17, 15) is 8.42 Å². The van der Waals surface area contributed by atoms with Crippen LogP contribution in [0.4, 0.5) is 0 Å². The molecular weight excluding hydrogens is 292 g/mol. The molecule has 4 rings (SSSR count). The fourth-order valence-corrected chi connectivity index (χ4v) is 5.46. The third-order valence-corrected chi connectivity index (χ3v) is 7.32. The van der Waals surface area contributed by atoms with Crippen molar-refractivity contribution >= 4 is 21.4 Å². The molecule has 2 bridgehead atoms. The van der Waals surface area contributed by atoms with Gasteiger partial charge in [-0.05, 0) is 42.7 Å². The minimum atomic E-state index is -3.33. The molecule has 6 heteroatoms. The molecule has 3 saturated heterocycles. The number of nitrogens with zero attached hydrogens (tertiary/aromatic N) is 1. The highest BCUT2D eigenvalue weighted by atomic mass is 32.2. The van der Waals surface area contributed by atoms with E-state index in [4.69, 9.17) is 0 Å². The van der Waals surface area contributed by atoms with E-state index >= 15 is 0 Å². The van der Waals surface area contributed by atoms with Crippen LogP contribution < -0.4 is 4.72 Å². The van der Waals surface area contributed by atoms with Crippen molar-refractivity contribution in [2.75, 3.05) is 19.6 Å². The van der Waals surface area contributed by atoms with Crippen LogP contribution >= 0.6 is 11.3 Å². The largest absolute Gasteiger partial charge is 0.298 e. The van der Waals surface area contributed by atoms with Crippen molar-refractivity contribution in [3.63, 3.8) is 0 Å². The molecule has 0 aromatic carbocycles. The minimum Gasteiger partial charge on any atom is -0.298 e. The normalized spacial score (nSPS) is 33.2. The molecule has 4 heterocycles. The highest BCUT2D eigenvalue weighted by Crippen LogP contribution is 2.36. The summed E-state index contributed by atoms with van der Waals surface area (Å²) in [5, 5.41) is 1.79. The summed E-state index contributed by atoms with van der Waals surface area (Å²) in [6.07, 6.45) is 4.34. The molecule has 0 spiro atoms. The first-order valence-corrected chi connectivity index (χ1v) is 9.36. The molecule has 4 nitrogen and oxygen atoms in total. The second-order valence-corrected chi connectivity index (χ2v) is 8.56. The van der Waals surface area contributed by atoms with Crippen LogP contribution in [-0.2, 0) is 10.0 Å². The maximum atomic E-state index is 12.1. The summed E-state index contributed by atoms with van der Waals surface area (Å²) >= 11 is 1.26. The Balaban J connectivity index is 1.62. The Kier molecular flexibility index (Phi) is 3.99. The Bertz CT molecular complexity index is 568. The average molecular weight is 312 g/mol. The summed E-state index contributed by atoms with van der Waals surface area (Å²) in [5.74, 6) is 1.25. The lowest BCUT2D eigenvalue weighted by molar-refractivity contribution is 0.0218. The fourth-order valence-electron chi connectivity index (χ4n) is 3.35. The number of rotatable bonds is 5. The van der Waals surface area contributed by atoms with Gasteiger partial charge in [-0.1, -0.05) is 12.1 Å². The third-order valence-electron chi connectivity index (χ3n) is 4.50. The number of nitrogens with one attached hydrogen (secondary N) is 1. The van der Waals surface area contributed by atoms with Crippen LogP contribution in [0, 0.1) is 11.8 Å². The van der Waals surface area contributed by atoms with E-state index in [2.05, 4.69) is 22.3 Å². The van der Waals surface area contributed by atoms with Crippen molar-refractivity contribution in [3.8, 4) is 0 Å². The van der Waals surface area contributed by atoms with Crippen LogP contribution in [0.15, 0.2) is 34.4 Å². The molecule has 1 aromatic heterocycles. The van der Waals surface area contributed by atoms with Crippen molar-refractivity contribution in [2.24, 2.45) is 11.8 Å². The molecule has 1 unspecified atom stereocenters. The smallest absolute Gasteiger partial charge is 0.250 e. The topological polar surface area (TPSA) is 49.4 Å². The van der Waals surface area contributed by atoms with Gasteiger partial charge in [0.15, 0.2) is 0 Å². The fraction of sp³-hybridized carbons (Fsp3) is 0.571. The maximum absolute atomic E-state index is 12.1. The molecular formula is C14H20N2O2S2. The third kappa shape index (κ3) is 2.70. The van der Waals surface area contributed by atoms with E-state index in [-0.39, 0.29) is 0 Å². The predicted octanol–water partition coefficient (Wildman–Crippen LogP) is 1.92. The van der Waals surface area contributed by atoms with Gasteiger partial charge in [-0.3, -0.25) is 4.90 Å². The van der Waals surface area contributed by atoms with Crippen LogP contribution in [0.2, 0.25) is 0 Å². The second-order valence-electron chi connectivity index (χ2n) is 5.62. The number of piperidine rings is 3. The van der Waals surface area contributed by atoms with Crippen molar-refractivity contribution in [1.29, 1.82) is 0 Å². The van der Waals surface area contributed by atoms with E-state index in [0.717, 1.165) is 19.5 Å². The zero-order chi connectivity index (χ0) is 14.2. The molecule has 3 aliphatic heterocycles. The Labute approximate surface area is 124 Å². The van der Waals surface area contributed by atoms with Gasteiger partial charge in [0.1, 0.15) is 4.21 Å². The van der Waals surface area contributed by atoms with Gasteiger partial charge in [-0.25, -0.2) is 13.1 Å². The summed E-state index contributed by atoms with van der Waals surface area (Å²) < 4.78 is 27.4. The van der Waals surface area contributed by atoms with Crippen LogP contribution in [-0.4, -0.2) is 39.0 Å². The molecule has 0 radical (unpaired) electrons. The van der Waals surface area contributed by atoms with Gasteiger partial charge in [-0.15, -0.1) is 17.9 Å². The van der Waals surface area contributed by atoms with Gasteiger partial charge in [0.05, 0.1) is 0 Å². The summed E-state index contributed by atoms with van der Waals surface area (Å²) in [4.78, 5) is 2.41. The Morgan fingerprint density at radius 2 is 2.40 bits per heavy atom. The molecule has 1 N–H and O–H groups in total. The van der Waals surface area contributed by atoms with Crippen molar-refractivity contribution < 1.29 is 8.42 Å². The standard InChI is InChI=1S/C14H20N2O2S2/c1-2-11-10-16-6-5-12(11)8-13(16)9-15-20(17,18)14-4-3-7-19-14/h2-4,7,11-13,15H,1,5-6,8-10H2/t11-,12-,13+/m0/s1. The average Bonchev–Trinajstić information content (AvgIpc) is 3.01. The van der Waals surface area contributed by atoms with E-state index in [1.54, 1.807) is 17.5 Å². The van der Waals surface area contributed by atoms with E-state index in [1.807, 2.05) is 0 Å². The van der Waals surface area contributed by atoms with E-state index < -0.39 is 10.0 Å². The number of sulfonamides is 1. The van der Waals surface area contributed by atoms with Gasteiger partial charge >= 0.3 is 0 Å². The zero-order valence-corrected chi connectivity index (χ0v) is 13.0. The highest BCUT2D eigenvalue weighted by Gasteiger charge is 2.38. The summed E-state index contributed by atoms with van der Waals surface area (Å²) in [6, 6.07) is 3.74. The van der Waals surface area contributed by atoms with Gasteiger partial charge in [0.2, 0.25) is 10.0 Å². The monoisotopic (exact) mass is 312 g/mol. The van der Waals surface area contributed by atoms with Crippen molar-refractivity contribution in [1.82, 2.24) is 9.62 Å². The number of hydrogen-bond acceptors (Lipinski definition) is 4. The Morgan fingerprint density at radius 1 is 1.55 bits per heavy atom. The Hall–Kier alpha value is -0.690. The summed E-state index contributed by atoms with van der Waals surface area (Å²) in [5.41, 5.74) is 0. The van der Waals surface area contributed by atoms with Gasteiger partial charge in [-0.2, -0.15) is 0 Å². The van der Waals surface area contributed by atoms with E-state index in [0.29, 0.717) is 28.6 Å². The molecule has 20 heavy (non-hydrogen) atoms. The highest BCUT2D eigenvalue weighted by molar-refractivity contribution is 7.91. The van der Waals surface area contributed by atoms with E-state index in [1.165, 1.54) is 17.8 Å². The first-order valence-electron chi connectivity index (χ1n) is 7.00. The first kappa shape index (κ1) is 14.3. The lowest BCUT2D eigenvalue weighted by Crippen LogP contribution is -2.56. The summed E-state index contributed by atoms with van der Waals surface area (Å²) in [6.45, 7) is 6.54. The van der Waals surface area contributed by atoms with Crippen molar-refractivity contribution in [2.45, 2.75) is 23.1 Å². The van der Waals surface area contributed by atoms with Crippen molar-refractivity contribution in [3.05, 3.63) is 30.2 Å². The zero-order valence-electron chi connectivity index (χ0n) is 11.4. The van der Waals surface area contributed by atoms with Crippen LogP contribution in [0.3, 0.4) is 0 Å². The number of fused-ring (bicyclic) bond motifs is 3. The lowest BCUT2D eigenvalue weighted by atomic mass is 9.76. The lowest BCUT2D eigenvalue weighted by Gasteiger charge is -2.49. The summed E-state index contributed by atoms with van der Waals surface area (Å²) in [7, 11) is -3.33. The quantitative estimate of drug-likeness (QED) is 0.845. The molecule has 3 aliphatic rings. The molecule has 4 atom stereocenters. The second kappa shape index (κ2) is 5.60. The molecule has 0 aliphatic carbocycles. The maximum Gasteiger partial charge on any atom is 0.250 e. The Morgan fingerprint density at radius 3 is 3.00 bits per heavy atom. The predicted molar refractivity (Wildman–Crippen MR) is 81.3 cm³/mol. The van der Waals surface area contributed by atoms with Crippen LogP contribution in [0.5, 0.6) is 0 Å². The van der Waals surface area contributed by atoms with Crippen LogP contribution in [0.1, 0.15) is 12.8 Å². The first-order chi connectivity index (χ1) is 9.60. The minimum absolute atomic E-state index is 0.333.